The number of hydrogen-bond donors (Lipinski definition) is 2. The van der Waals surface area contributed by atoms with Crippen LogP contribution in [0.5, 0.6) is 0 Å². The minimum atomic E-state index is -1.06. The molecule has 0 aliphatic heterocycles. The zero-order chi connectivity index (χ0) is 14.1. The van der Waals surface area contributed by atoms with Gasteiger partial charge >= 0.3 is 11.8 Å². The van der Waals surface area contributed by atoms with Crippen molar-refractivity contribution in [3.8, 4) is 0 Å². The fraction of sp³-hybridized carbons (Fsp3) is 0.600. The summed E-state index contributed by atoms with van der Waals surface area (Å²) in [5.74, 6) is -2.71. The van der Waals surface area contributed by atoms with Gasteiger partial charge in [-0.25, -0.2) is 0 Å². The summed E-state index contributed by atoms with van der Waals surface area (Å²) in [5.41, 5.74) is 10.5. The Kier molecular flexibility index (Phi) is 7.48. The molecule has 0 unspecified atom stereocenters. The van der Waals surface area contributed by atoms with Gasteiger partial charge in [0.25, 0.3) is 0 Å². The molecule has 0 radical (unpaired) electrons. The topological polar surface area (TPSA) is 127 Å². The molecule has 0 atom stereocenters. The lowest BCUT2D eigenvalue weighted by molar-refractivity contribution is -0.157. The number of rotatable bonds is 6. The fourth-order valence-corrected chi connectivity index (χ4v) is 1.23. The van der Waals surface area contributed by atoms with Crippen LogP contribution in [0, 0.1) is 0 Å². The molecule has 18 heavy (non-hydrogen) atoms. The van der Waals surface area contributed by atoms with Gasteiger partial charge in [0.2, 0.25) is 12.3 Å². The van der Waals surface area contributed by atoms with Gasteiger partial charge in [0.1, 0.15) is 0 Å². The van der Waals surface area contributed by atoms with Crippen molar-refractivity contribution in [1.29, 1.82) is 0 Å². The van der Waals surface area contributed by atoms with Gasteiger partial charge in [-0.15, -0.1) is 0 Å². The molecule has 4 N–H and O–H groups in total. The molecule has 0 saturated carbocycles. The fourth-order valence-electron chi connectivity index (χ4n) is 1.23. The summed E-state index contributed by atoms with van der Waals surface area (Å²) in [6.07, 6.45) is 0.630. The first kappa shape index (κ1) is 16.2. The second kappa shape index (κ2) is 8.31. The van der Waals surface area contributed by atoms with Gasteiger partial charge < -0.3 is 11.5 Å². The number of carbonyl (C=O) groups is 4. The van der Waals surface area contributed by atoms with E-state index in [0.717, 1.165) is 6.92 Å². The molecule has 0 saturated heterocycles. The van der Waals surface area contributed by atoms with Crippen LogP contribution in [-0.2, 0) is 19.2 Å². The first-order chi connectivity index (χ1) is 8.49. The summed E-state index contributed by atoms with van der Waals surface area (Å²) in [4.78, 5) is 46.6. The minimum Gasteiger partial charge on any atom is -0.330 e. The average molecular weight is 258 g/mol. The van der Waals surface area contributed by atoms with Gasteiger partial charge in [-0.05, 0) is 13.0 Å². The number of amides is 4. The van der Waals surface area contributed by atoms with E-state index in [1.54, 1.807) is 0 Å². The largest absolute Gasteiger partial charge is 0.330 e. The summed E-state index contributed by atoms with van der Waals surface area (Å²) in [6, 6.07) is 0. The van der Waals surface area contributed by atoms with E-state index in [1.165, 1.54) is 0 Å². The Labute approximate surface area is 105 Å². The lowest BCUT2D eigenvalue weighted by Crippen LogP contribution is -2.48. The molecule has 0 aliphatic rings. The Balaban J connectivity index is 4.76. The summed E-state index contributed by atoms with van der Waals surface area (Å²) in [5, 5.41) is 0. The monoisotopic (exact) mass is 258 g/mol. The van der Waals surface area contributed by atoms with Crippen molar-refractivity contribution in [2.24, 2.45) is 11.5 Å². The maximum Gasteiger partial charge on any atom is 0.319 e. The van der Waals surface area contributed by atoms with Gasteiger partial charge in [0.15, 0.2) is 0 Å². The van der Waals surface area contributed by atoms with Crippen molar-refractivity contribution in [1.82, 2.24) is 9.80 Å². The van der Waals surface area contributed by atoms with Gasteiger partial charge in [0.05, 0.1) is 0 Å². The van der Waals surface area contributed by atoms with Gasteiger partial charge in [0, 0.05) is 26.6 Å². The summed E-state index contributed by atoms with van der Waals surface area (Å²) in [6.45, 7) is 1.45. The van der Waals surface area contributed by atoms with Crippen LogP contribution in [0.3, 0.4) is 0 Å². The lowest BCUT2D eigenvalue weighted by atomic mass is 10.3. The molecular formula is C10H18N4O4. The van der Waals surface area contributed by atoms with Crippen LogP contribution in [0.25, 0.3) is 0 Å². The van der Waals surface area contributed by atoms with Crippen LogP contribution in [-0.4, -0.2) is 60.1 Å². The molecule has 0 rings (SSSR count). The number of carbonyl (C=O) groups excluding carboxylic acids is 4. The first-order valence-electron chi connectivity index (χ1n) is 5.48. The van der Waals surface area contributed by atoms with Crippen molar-refractivity contribution in [2.45, 2.75) is 13.3 Å². The summed E-state index contributed by atoms with van der Waals surface area (Å²) >= 11 is 0. The highest BCUT2D eigenvalue weighted by atomic mass is 16.2. The number of hydrogen-bond acceptors (Lipinski definition) is 6. The normalized spacial score (nSPS) is 9.72. The van der Waals surface area contributed by atoms with Crippen LogP contribution >= 0.6 is 0 Å². The van der Waals surface area contributed by atoms with E-state index >= 15 is 0 Å². The summed E-state index contributed by atoms with van der Waals surface area (Å²) in [7, 11) is 0. The van der Waals surface area contributed by atoms with E-state index in [0.29, 0.717) is 16.2 Å². The third-order valence-electron chi connectivity index (χ3n) is 2.15. The SMILES string of the molecule is CC(=O)N(CCN)C(=O)C(=O)N(C=O)CCCN. The minimum absolute atomic E-state index is 0.0406. The summed E-state index contributed by atoms with van der Waals surface area (Å²) < 4.78 is 0. The quantitative estimate of drug-likeness (QED) is 0.406. The predicted octanol–water partition coefficient (Wildman–Crippen LogP) is -2.35. The zero-order valence-corrected chi connectivity index (χ0v) is 10.3. The second-order valence-electron chi connectivity index (χ2n) is 3.51. The van der Waals surface area contributed by atoms with Crippen molar-refractivity contribution < 1.29 is 19.2 Å². The van der Waals surface area contributed by atoms with Gasteiger partial charge in [-0.1, -0.05) is 0 Å². The number of nitrogens with two attached hydrogens (primary N) is 2. The molecule has 0 aromatic heterocycles. The van der Waals surface area contributed by atoms with E-state index in [2.05, 4.69) is 0 Å². The van der Waals surface area contributed by atoms with Crippen LogP contribution in [0.15, 0.2) is 0 Å². The third kappa shape index (κ3) is 4.60. The van der Waals surface area contributed by atoms with Crippen LogP contribution in [0.4, 0.5) is 0 Å². The van der Waals surface area contributed by atoms with E-state index < -0.39 is 17.7 Å². The molecule has 8 nitrogen and oxygen atoms in total. The highest BCUT2D eigenvalue weighted by molar-refractivity contribution is 6.38. The Morgan fingerprint density at radius 3 is 2.06 bits per heavy atom. The molecule has 0 fully saturated rings. The lowest BCUT2D eigenvalue weighted by Gasteiger charge is -2.20. The predicted molar refractivity (Wildman–Crippen MR) is 62.9 cm³/mol. The second-order valence-corrected chi connectivity index (χ2v) is 3.51. The molecule has 0 aromatic rings. The van der Waals surface area contributed by atoms with E-state index in [9.17, 15) is 19.2 Å². The molecule has 8 heteroatoms. The Morgan fingerprint density at radius 2 is 1.67 bits per heavy atom. The molecule has 0 aromatic carbocycles. The van der Waals surface area contributed by atoms with Crippen molar-refractivity contribution >= 4 is 24.1 Å². The maximum atomic E-state index is 11.7. The van der Waals surface area contributed by atoms with Crippen molar-refractivity contribution in [3.63, 3.8) is 0 Å². The number of imide groups is 2. The van der Waals surface area contributed by atoms with Gasteiger partial charge in [-0.2, -0.15) is 0 Å². The smallest absolute Gasteiger partial charge is 0.319 e. The third-order valence-corrected chi connectivity index (χ3v) is 2.15. The Morgan fingerprint density at radius 1 is 1.06 bits per heavy atom. The van der Waals surface area contributed by atoms with Crippen LogP contribution in [0.1, 0.15) is 13.3 Å². The molecule has 102 valence electrons. The Bertz CT molecular complexity index is 332. The highest BCUT2D eigenvalue weighted by Crippen LogP contribution is 1.97. The van der Waals surface area contributed by atoms with E-state index in [4.69, 9.17) is 11.5 Å². The zero-order valence-electron chi connectivity index (χ0n) is 10.3. The number of nitrogens with zero attached hydrogens (tertiary/aromatic N) is 2. The van der Waals surface area contributed by atoms with Crippen LogP contribution in [0.2, 0.25) is 0 Å². The van der Waals surface area contributed by atoms with Crippen molar-refractivity contribution in [2.75, 3.05) is 26.2 Å². The molecule has 0 aliphatic carbocycles. The molecule has 0 bridgehead atoms. The molecular weight excluding hydrogens is 240 g/mol. The average Bonchev–Trinajstić information content (AvgIpc) is 2.35. The maximum absolute atomic E-state index is 11.7. The van der Waals surface area contributed by atoms with E-state index in [1.807, 2.05) is 0 Å². The van der Waals surface area contributed by atoms with Crippen LogP contribution < -0.4 is 11.5 Å². The molecule has 4 amide bonds. The standard InChI is InChI=1S/C10H18N4O4/c1-8(16)14(6-4-12)10(18)9(17)13(7-15)5-2-3-11/h7H,2-6,11-12H2,1H3. The molecule has 0 heterocycles. The molecule has 0 spiro atoms. The first-order valence-corrected chi connectivity index (χ1v) is 5.48. The van der Waals surface area contributed by atoms with Crippen molar-refractivity contribution in [3.05, 3.63) is 0 Å². The Hall–Kier alpha value is -1.80. The van der Waals surface area contributed by atoms with Gasteiger partial charge in [-0.3, -0.25) is 29.0 Å². The highest BCUT2D eigenvalue weighted by Gasteiger charge is 2.28. The van der Waals surface area contributed by atoms with E-state index in [-0.39, 0.29) is 32.6 Å².